The number of likely N-dealkylation sites (tertiary alicyclic amines) is 1. The zero-order valence-electron chi connectivity index (χ0n) is 10.4. The Balaban J connectivity index is 1.78. The summed E-state index contributed by atoms with van der Waals surface area (Å²) < 4.78 is 5.46. The fourth-order valence-electron chi connectivity index (χ4n) is 2.15. The molecule has 2 heterocycles. The van der Waals surface area contributed by atoms with Gasteiger partial charge in [-0.05, 0) is 38.9 Å². The van der Waals surface area contributed by atoms with Crippen LogP contribution in [0.5, 0.6) is 5.88 Å². The van der Waals surface area contributed by atoms with Crippen LogP contribution >= 0.6 is 0 Å². The third-order valence-electron chi connectivity index (χ3n) is 3.23. The Labute approximate surface area is 106 Å². The Morgan fingerprint density at radius 1 is 1.56 bits per heavy atom. The topological polar surface area (TPSA) is 75.5 Å². The molecule has 1 aromatic rings. The first-order chi connectivity index (χ1) is 8.66. The van der Waals surface area contributed by atoms with Gasteiger partial charge in [0.1, 0.15) is 0 Å². The second-order valence-electron chi connectivity index (χ2n) is 4.48. The number of carboxylic acids is 1. The molecule has 1 aromatic heterocycles. The van der Waals surface area contributed by atoms with Crippen LogP contribution in [-0.2, 0) is 0 Å². The molecule has 0 aromatic carbocycles. The number of carbonyl (C=O) groups is 1. The van der Waals surface area contributed by atoms with E-state index in [1.807, 2.05) is 0 Å². The van der Waals surface area contributed by atoms with Crippen LogP contribution in [-0.4, -0.2) is 52.4 Å². The van der Waals surface area contributed by atoms with Crippen LogP contribution in [0.4, 0.5) is 0 Å². The Kier molecular flexibility index (Phi) is 4.09. The van der Waals surface area contributed by atoms with E-state index in [1.165, 1.54) is 25.0 Å². The van der Waals surface area contributed by atoms with E-state index in [0.29, 0.717) is 18.5 Å². The molecule has 6 nitrogen and oxygen atoms in total. The summed E-state index contributed by atoms with van der Waals surface area (Å²) in [5, 5.41) is 16.0. The lowest BCUT2D eigenvalue weighted by molar-refractivity contribution is 0.0689. The maximum absolute atomic E-state index is 10.6. The lowest BCUT2D eigenvalue weighted by Gasteiger charge is -2.18. The van der Waals surface area contributed by atoms with Crippen molar-refractivity contribution in [3.05, 3.63) is 17.8 Å². The molecule has 1 aliphatic heterocycles. The van der Waals surface area contributed by atoms with Crippen LogP contribution in [0.3, 0.4) is 0 Å². The van der Waals surface area contributed by atoms with Gasteiger partial charge in [0.25, 0.3) is 0 Å². The summed E-state index contributed by atoms with van der Waals surface area (Å²) in [6.07, 6.45) is 3.41. The molecule has 0 radical (unpaired) electrons. The molecule has 1 fully saturated rings. The maximum Gasteiger partial charge on any atom is 0.356 e. The van der Waals surface area contributed by atoms with E-state index in [1.54, 1.807) is 0 Å². The average molecular weight is 251 g/mol. The van der Waals surface area contributed by atoms with Crippen LogP contribution in [0.25, 0.3) is 0 Å². The minimum Gasteiger partial charge on any atom is -0.477 e. The molecular weight excluding hydrogens is 234 g/mol. The van der Waals surface area contributed by atoms with Crippen molar-refractivity contribution in [2.24, 2.45) is 0 Å². The molecule has 0 spiro atoms. The van der Waals surface area contributed by atoms with Gasteiger partial charge in [-0.1, -0.05) is 0 Å². The second kappa shape index (κ2) is 5.77. The predicted octanol–water partition coefficient (Wildman–Crippen LogP) is 1.04. The van der Waals surface area contributed by atoms with E-state index in [4.69, 9.17) is 9.84 Å². The highest BCUT2D eigenvalue weighted by molar-refractivity contribution is 5.84. The summed E-state index contributed by atoms with van der Waals surface area (Å²) in [6.45, 7) is 1.73. The number of carboxylic acid groups (broad SMARTS) is 1. The summed E-state index contributed by atoms with van der Waals surface area (Å²) in [4.78, 5) is 12.9. The van der Waals surface area contributed by atoms with Crippen molar-refractivity contribution in [1.29, 1.82) is 0 Å². The first-order valence-electron chi connectivity index (χ1n) is 6.07. The van der Waals surface area contributed by atoms with Gasteiger partial charge in [-0.2, -0.15) is 0 Å². The number of nitrogens with zero attached hydrogens (tertiary/aromatic N) is 3. The molecule has 6 heteroatoms. The van der Waals surface area contributed by atoms with Crippen LogP contribution in [0, 0.1) is 0 Å². The minimum atomic E-state index is -1.08. The summed E-state index contributed by atoms with van der Waals surface area (Å²) in [6, 6.07) is 3.51. The quantitative estimate of drug-likeness (QED) is 0.842. The Hall–Kier alpha value is -1.69. The zero-order chi connectivity index (χ0) is 13.0. The zero-order valence-corrected chi connectivity index (χ0v) is 10.4. The number of ether oxygens (including phenoxy) is 1. The average Bonchev–Trinajstić information content (AvgIpc) is 2.76. The maximum atomic E-state index is 10.6. The third-order valence-corrected chi connectivity index (χ3v) is 3.23. The summed E-state index contributed by atoms with van der Waals surface area (Å²) >= 11 is 0. The van der Waals surface area contributed by atoms with Gasteiger partial charge < -0.3 is 14.7 Å². The number of aromatic carboxylic acids is 1. The second-order valence-corrected chi connectivity index (χ2v) is 4.48. The van der Waals surface area contributed by atoms with Gasteiger partial charge in [0, 0.05) is 12.1 Å². The lowest BCUT2D eigenvalue weighted by Crippen LogP contribution is -2.26. The normalized spacial score (nSPS) is 19.9. The molecule has 1 N–H and O–H groups in total. The van der Waals surface area contributed by atoms with Crippen molar-refractivity contribution in [3.8, 4) is 5.88 Å². The fraction of sp³-hybridized carbons (Fsp3) is 0.583. The molecule has 1 unspecified atom stereocenters. The van der Waals surface area contributed by atoms with Crippen molar-refractivity contribution in [2.75, 3.05) is 20.2 Å². The number of aromatic nitrogens is 2. The molecule has 0 saturated carbocycles. The first kappa shape index (κ1) is 12.8. The van der Waals surface area contributed by atoms with Crippen LogP contribution in [0.1, 0.15) is 29.8 Å². The molecule has 98 valence electrons. The van der Waals surface area contributed by atoms with Gasteiger partial charge >= 0.3 is 5.97 Å². The van der Waals surface area contributed by atoms with Crippen molar-refractivity contribution in [2.45, 2.75) is 25.3 Å². The first-order valence-corrected chi connectivity index (χ1v) is 6.07. The smallest absolute Gasteiger partial charge is 0.356 e. The molecule has 0 amide bonds. The van der Waals surface area contributed by atoms with Gasteiger partial charge in [0.2, 0.25) is 5.88 Å². The van der Waals surface area contributed by atoms with E-state index in [0.717, 1.165) is 13.0 Å². The molecule has 1 aliphatic rings. The predicted molar refractivity (Wildman–Crippen MR) is 64.8 cm³/mol. The molecule has 1 atom stereocenters. The van der Waals surface area contributed by atoms with Gasteiger partial charge in [-0.3, -0.25) is 0 Å². The highest BCUT2D eigenvalue weighted by Crippen LogP contribution is 2.18. The van der Waals surface area contributed by atoms with E-state index in [2.05, 4.69) is 22.1 Å². The summed E-state index contributed by atoms with van der Waals surface area (Å²) in [7, 11) is 2.12. The number of hydrogen-bond donors (Lipinski definition) is 1. The molecular formula is C12H17N3O3. The van der Waals surface area contributed by atoms with Gasteiger partial charge in [-0.25, -0.2) is 4.79 Å². The van der Waals surface area contributed by atoms with Crippen molar-refractivity contribution < 1.29 is 14.6 Å². The van der Waals surface area contributed by atoms with Crippen molar-refractivity contribution in [1.82, 2.24) is 15.1 Å². The summed E-state index contributed by atoms with van der Waals surface area (Å²) in [5.41, 5.74) is -0.0714. The van der Waals surface area contributed by atoms with Crippen LogP contribution < -0.4 is 4.74 Å². The standard InChI is InChI=1S/C12H17N3O3/c1-15-7-2-3-9(15)6-8-18-11-5-4-10(12(16)17)13-14-11/h4-5,9H,2-3,6-8H2,1H3,(H,16,17). The molecule has 18 heavy (non-hydrogen) atoms. The van der Waals surface area contributed by atoms with E-state index < -0.39 is 5.97 Å². The number of rotatable bonds is 5. The lowest BCUT2D eigenvalue weighted by atomic mass is 10.1. The third kappa shape index (κ3) is 3.16. The fourth-order valence-corrected chi connectivity index (χ4v) is 2.15. The van der Waals surface area contributed by atoms with Gasteiger partial charge in [0.15, 0.2) is 5.69 Å². The minimum absolute atomic E-state index is 0.0714. The summed E-state index contributed by atoms with van der Waals surface area (Å²) in [5.74, 6) is -0.706. The Bertz CT molecular complexity index is 408. The van der Waals surface area contributed by atoms with Crippen LogP contribution in [0.2, 0.25) is 0 Å². The highest BCUT2D eigenvalue weighted by atomic mass is 16.5. The van der Waals surface area contributed by atoms with E-state index in [-0.39, 0.29) is 5.69 Å². The highest BCUT2D eigenvalue weighted by Gasteiger charge is 2.20. The van der Waals surface area contributed by atoms with Crippen molar-refractivity contribution >= 4 is 5.97 Å². The monoisotopic (exact) mass is 251 g/mol. The SMILES string of the molecule is CN1CCCC1CCOc1ccc(C(=O)O)nn1. The molecule has 0 aliphatic carbocycles. The Morgan fingerprint density at radius 2 is 2.39 bits per heavy atom. The molecule has 1 saturated heterocycles. The Morgan fingerprint density at radius 3 is 2.94 bits per heavy atom. The molecule has 0 bridgehead atoms. The number of hydrogen-bond acceptors (Lipinski definition) is 5. The van der Waals surface area contributed by atoms with E-state index in [9.17, 15) is 4.79 Å². The van der Waals surface area contributed by atoms with Gasteiger partial charge in [0.05, 0.1) is 6.61 Å². The molecule has 2 rings (SSSR count). The van der Waals surface area contributed by atoms with Crippen molar-refractivity contribution in [3.63, 3.8) is 0 Å². The van der Waals surface area contributed by atoms with Crippen LogP contribution in [0.15, 0.2) is 12.1 Å². The van der Waals surface area contributed by atoms with E-state index >= 15 is 0 Å². The van der Waals surface area contributed by atoms with Gasteiger partial charge in [-0.15, -0.1) is 10.2 Å². The largest absolute Gasteiger partial charge is 0.477 e.